The van der Waals surface area contributed by atoms with Crippen LogP contribution >= 0.6 is 0 Å². The Kier molecular flexibility index (Phi) is 5.63. The van der Waals surface area contributed by atoms with Gasteiger partial charge in [-0.25, -0.2) is 0 Å². The quantitative estimate of drug-likeness (QED) is 0.720. The lowest BCUT2D eigenvalue weighted by molar-refractivity contribution is 0.322. The first-order valence-electron chi connectivity index (χ1n) is 8.29. The second kappa shape index (κ2) is 8.11. The van der Waals surface area contributed by atoms with Gasteiger partial charge >= 0.3 is 0 Å². The summed E-state index contributed by atoms with van der Waals surface area (Å²) >= 11 is 0. The van der Waals surface area contributed by atoms with Crippen molar-refractivity contribution in [3.05, 3.63) is 83.1 Å². The van der Waals surface area contributed by atoms with Crippen LogP contribution in [-0.4, -0.2) is 16.4 Å². The maximum absolute atomic E-state index is 6.21. The average molecular weight is 308 g/mol. The van der Waals surface area contributed by atoms with E-state index in [9.17, 15) is 0 Å². The molecule has 1 aliphatic rings. The predicted octanol–water partition coefficient (Wildman–Crippen LogP) is 4.38. The molecule has 0 saturated heterocycles. The molecule has 114 valence electrons. The van der Waals surface area contributed by atoms with Crippen LogP contribution in [0.4, 0.5) is 0 Å². The summed E-state index contributed by atoms with van der Waals surface area (Å²) in [4.78, 5) is 0. The third-order valence-electron chi connectivity index (χ3n) is 4.36. The highest BCUT2D eigenvalue weighted by molar-refractivity contribution is 6.38. The molecule has 2 aromatic carbocycles. The van der Waals surface area contributed by atoms with Crippen LogP contribution in [0.15, 0.2) is 71.9 Å². The number of hydrogen-bond acceptors (Lipinski definition) is 1. The SMILES string of the molecule is C1=C([SiH2]OCC(c2ccccc2)c2ccccc2)CCCC1. The van der Waals surface area contributed by atoms with E-state index in [1.807, 2.05) is 0 Å². The Balaban J connectivity index is 1.68. The molecule has 0 unspecified atom stereocenters. The summed E-state index contributed by atoms with van der Waals surface area (Å²) in [6, 6.07) is 21.5. The predicted molar refractivity (Wildman–Crippen MR) is 95.8 cm³/mol. The number of allylic oxidation sites excluding steroid dienone is 2. The minimum atomic E-state index is -0.526. The lowest BCUT2D eigenvalue weighted by Gasteiger charge is -2.20. The molecule has 0 heterocycles. The summed E-state index contributed by atoms with van der Waals surface area (Å²) in [5.74, 6) is 0.346. The monoisotopic (exact) mass is 308 g/mol. The number of hydrogen-bond donors (Lipinski definition) is 0. The van der Waals surface area contributed by atoms with Crippen LogP contribution in [-0.2, 0) is 4.43 Å². The summed E-state index contributed by atoms with van der Waals surface area (Å²) in [7, 11) is -0.526. The van der Waals surface area contributed by atoms with E-state index in [4.69, 9.17) is 4.43 Å². The molecule has 0 amide bonds. The van der Waals surface area contributed by atoms with E-state index in [-0.39, 0.29) is 0 Å². The molecule has 0 N–H and O–H groups in total. The summed E-state index contributed by atoms with van der Waals surface area (Å²) in [5, 5.41) is 1.62. The Labute approximate surface area is 136 Å². The number of benzene rings is 2. The minimum absolute atomic E-state index is 0.346. The molecule has 22 heavy (non-hydrogen) atoms. The molecule has 1 aliphatic carbocycles. The smallest absolute Gasteiger partial charge is 0.188 e. The highest BCUT2D eigenvalue weighted by Gasteiger charge is 2.14. The molecule has 2 aromatic rings. The topological polar surface area (TPSA) is 9.23 Å². The van der Waals surface area contributed by atoms with Gasteiger partial charge in [-0.1, -0.05) is 71.9 Å². The fourth-order valence-corrected chi connectivity index (χ4v) is 4.43. The lowest BCUT2D eigenvalue weighted by Crippen LogP contribution is -2.14. The average Bonchev–Trinajstić information content (AvgIpc) is 2.61. The zero-order chi connectivity index (χ0) is 15.0. The Morgan fingerprint density at radius 1 is 0.864 bits per heavy atom. The molecule has 0 bridgehead atoms. The van der Waals surface area contributed by atoms with Crippen molar-refractivity contribution in [2.24, 2.45) is 0 Å². The van der Waals surface area contributed by atoms with Gasteiger partial charge in [-0.15, -0.1) is 0 Å². The standard InChI is InChI=1S/C20H24OSi/c1-4-10-17(11-5-1)20(18-12-6-2-7-13-18)16-21-22-19-14-8-3-9-15-19/h1-2,4-7,10-14,20H,3,8-9,15-16,22H2. The molecular weight excluding hydrogens is 284 g/mol. The van der Waals surface area contributed by atoms with Crippen LogP contribution in [0.2, 0.25) is 0 Å². The highest BCUT2D eigenvalue weighted by Crippen LogP contribution is 2.25. The van der Waals surface area contributed by atoms with Gasteiger partial charge in [0.15, 0.2) is 9.76 Å². The van der Waals surface area contributed by atoms with Gasteiger partial charge < -0.3 is 4.43 Å². The maximum Gasteiger partial charge on any atom is 0.188 e. The van der Waals surface area contributed by atoms with Gasteiger partial charge in [0.2, 0.25) is 0 Å². The molecule has 0 saturated carbocycles. The van der Waals surface area contributed by atoms with E-state index in [2.05, 4.69) is 66.7 Å². The van der Waals surface area contributed by atoms with Gasteiger partial charge in [0, 0.05) is 12.5 Å². The second-order valence-electron chi connectivity index (χ2n) is 6.00. The van der Waals surface area contributed by atoms with E-state index >= 15 is 0 Å². The molecule has 3 rings (SSSR count). The molecule has 0 aliphatic heterocycles. The largest absolute Gasteiger partial charge is 0.418 e. The summed E-state index contributed by atoms with van der Waals surface area (Å²) < 4.78 is 6.21. The zero-order valence-corrected chi connectivity index (χ0v) is 14.5. The normalized spacial score (nSPS) is 15.4. The Morgan fingerprint density at radius 3 is 2.05 bits per heavy atom. The van der Waals surface area contributed by atoms with Crippen LogP contribution < -0.4 is 0 Å². The molecule has 0 fully saturated rings. The van der Waals surface area contributed by atoms with Crippen LogP contribution in [0.25, 0.3) is 0 Å². The molecule has 2 heteroatoms. The van der Waals surface area contributed by atoms with Gasteiger partial charge in [-0.2, -0.15) is 0 Å². The molecule has 0 radical (unpaired) electrons. The van der Waals surface area contributed by atoms with Gasteiger partial charge in [0.05, 0.1) is 0 Å². The van der Waals surface area contributed by atoms with Gasteiger partial charge in [-0.05, 0) is 36.8 Å². The van der Waals surface area contributed by atoms with E-state index in [1.165, 1.54) is 36.8 Å². The Bertz CT molecular complexity index is 552. The maximum atomic E-state index is 6.21. The molecular formula is C20H24OSi. The van der Waals surface area contributed by atoms with E-state index in [1.54, 1.807) is 5.20 Å². The van der Waals surface area contributed by atoms with Gasteiger partial charge in [-0.3, -0.25) is 0 Å². The molecule has 0 spiro atoms. The molecule has 0 aromatic heterocycles. The fourth-order valence-electron chi connectivity index (χ4n) is 3.10. The fraction of sp³-hybridized carbons (Fsp3) is 0.300. The Morgan fingerprint density at radius 2 is 1.50 bits per heavy atom. The summed E-state index contributed by atoms with van der Waals surface area (Å²) in [5.41, 5.74) is 2.70. The van der Waals surface area contributed by atoms with Crippen LogP contribution in [0.1, 0.15) is 42.7 Å². The third kappa shape index (κ3) is 4.18. The van der Waals surface area contributed by atoms with Gasteiger partial charge in [0.1, 0.15) is 0 Å². The van der Waals surface area contributed by atoms with Crippen LogP contribution in [0, 0.1) is 0 Å². The summed E-state index contributed by atoms with van der Waals surface area (Å²) in [6.45, 7) is 0.803. The van der Waals surface area contributed by atoms with Crippen molar-refractivity contribution in [1.29, 1.82) is 0 Å². The van der Waals surface area contributed by atoms with Crippen molar-refractivity contribution >= 4 is 9.76 Å². The first-order chi connectivity index (χ1) is 10.9. The van der Waals surface area contributed by atoms with E-state index < -0.39 is 9.76 Å². The zero-order valence-electron chi connectivity index (χ0n) is 13.1. The van der Waals surface area contributed by atoms with E-state index in [0.29, 0.717) is 5.92 Å². The van der Waals surface area contributed by atoms with Crippen molar-refractivity contribution in [3.63, 3.8) is 0 Å². The van der Waals surface area contributed by atoms with Crippen molar-refractivity contribution in [3.8, 4) is 0 Å². The lowest BCUT2D eigenvalue weighted by atomic mass is 9.92. The van der Waals surface area contributed by atoms with Crippen molar-refractivity contribution in [2.45, 2.75) is 31.6 Å². The minimum Gasteiger partial charge on any atom is -0.418 e. The summed E-state index contributed by atoms with van der Waals surface area (Å²) in [6.07, 6.45) is 7.66. The second-order valence-corrected chi connectivity index (χ2v) is 7.60. The first-order valence-corrected chi connectivity index (χ1v) is 9.57. The molecule has 1 nitrogen and oxygen atoms in total. The van der Waals surface area contributed by atoms with Gasteiger partial charge in [0.25, 0.3) is 0 Å². The Hall–Kier alpha value is -1.64. The third-order valence-corrected chi connectivity index (χ3v) is 5.81. The molecule has 0 atom stereocenters. The van der Waals surface area contributed by atoms with Crippen molar-refractivity contribution < 1.29 is 4.43 Å². The number of rotatable bonds is 6. The first kappa shape index (κ1) is 15.3. The van der Waals surface area contributed by atoms with Crippen molar-refractivity contribution in [1.82, 2.24) is 0 Å². The highest BCUT2D eigenvalue weighted by atomic mass is 28.2. The van der Waals surface area contributed by atoms with E-state index in [0.717, 1.165) is 6.61 Å². The van der Waals surface area contributed by atoms with Crippen molar-refractivity contribution in [2.75, 3.05) is 6.61 Å². The van der Waals surface area contributed by atoms with Crippen LogP contribution in [0.3, 0.4) is 0 Å². The van der Waals surface area contributed by atoms with Crippen LogP contribution in [0.5, 0.6) is 0 Å².